The van der Waals surface area contributed by atoms with Gasteiger partial charge in [0.25, 0.3) is 5.91 Å². The highest BCUT2D eigenvalue weighted by atomic mass is 32.2. The molecule has 158 valence electrons. The first-order valence-electron chi connectivity index (χ1n) is 9.73. The molecule has 1 aliphatic rings. The normalized spacial score (nSPS) is 17.7. The van der Waals surface area contributed by atoms with Crippen LogP contribution in [-0.2, 0) is 10.0 Å². The first kappa shape index (κ1) is 20.8. The van der Waals surface area contributed by atoms with Crippen LogP contribution in [0, 0.1) is 5.92 Å². The van der Waals surface area contributed by atoms with Gasteiger partial charge in [0.2, 0.25) is 10.0 Å². The largest absolute Gasteiger partial charge is 0.497 e. The molecule has 2 heterocycles. The number of fused-ring (bicyclic) bond motifs is 1. The molecule has 1 N–H and O–H groups in total. The minimum absolute atomic E-state index is 0.209. The Bertz CT molecular complexity index is 1170. The zero-order chi connectivity index (χ0) is 21.3. The van der Waals surface area contributed by atoms with Crippen LogP contribution < -0.4 is 10.1 Å². The number of carbonyl (C=O) groups is 1. The highest BCUT2D eigenvalue weighted by molar-refractivity contribution is 7.89. The third-order valence-electron chi connectivity index (χ3n) is 5.19. The Balaban J connectivity index is 1.49. The van der Waals surface area contributed by atoms with Crippen LogP contribution in [0.1, 0.15) is 30.1 Å². The van der Waals surface area contributed by atoms with Gasteiger partial charge < -0.3 is 4.74 Å². The zero-order valence-electron chi connectivity index (χ0n) is 16.8. The maximum absolute atomic E-state index is 12.9. The summed E-state index contributed by atoms with van der Waals surface area (Å²) in [6.07, 6.45) is 1.92. The van der Waals surface area contributed by atoms with Crippen molar-refractivity contribution < 1.29 is 17.9 Å². The molecule has 1 aliphatic heterocycles. The number of hydrogen-bond donors (Lipinski definition) is 1. The molecule has 1 aromatic heterocycles. The van der Waals surface area contributed by atoms with Crippen molar-refractivity contribution in [2.45, 2.75) is 24.7 Å². The van der Waals surface area contributed by atoms with Crippen molar-refractivity contribution >= 4 is 42.6 Å². The smallest absolute Gasteiger partial charge is 0.257 e. The number of thiazole rings is 1. The number of piperidine rings is 1. The molecular weight excluding hydrogens is 422 g/mol. The molecule has 7 nitrogen and oxygen atoms in total. The molecule has 0 aliphatic carbocycles. The lowest BCUT2D eigenvalue weighted by Gasteiger charge is -2.30. The molecule has 1 atom stereocenters. The zero-order valence-corrected chi connectivity index (χ0v) is 18.4. The second-order valence-electron chi connectivity index (χ2n) is 7.44. The fourth-order valence-electron chi connectivity index (χ4n) is 3.55. The molecule has 1 saturated heterocycles. The van der Waals surface area contributed by atoms with Crippen molar-refractivity contribution in [2.75, 3.05) is 25.5 Å². The summed E-state index contributed by atoms with van der Waals surface area (Å²) < 4.78 is 33.4. The average molecular weight is 446 g/mol. The van der Waals surface area contributed by atoms with E-state index in [1.54, 1.807) is 7.11 Å². The SMILES string of the molecule is COc1ccc2nc(NC(=O)c3ccc(S(=O)(=O)N4CCC[C@@H](C)C4)cc3)sc2c1. The summed E-state index contributed by atoms with van der Waals surface area (Å²) in [4.78, 5) is 17.2. The Morgan fingerprint density at radius 2 is 2.00 bits per heavy atom. The molecule has 0 bridgehead atoms. The summed E-state index contributed by atoms with van der Waals surface area (Å²) in [7, 11) is -1.94. The van der Waals surface area contributed by atoms with E-state index >= 15 is 0 Å². The third-order valence-corrected chi connectivity index (χ3v) is 8.00. The second kappa shape index (κ2) is 8.33. The highest BCUT2D eigenvalue weighted by Crippen LogP contribution is 2.29. The molecule has 4 rings (SSSR count). The van der Waals surface area contributed by atoms with Crippen LogP contribution in [0.25, 0.3) is 10.2 Å². The summed E-state index contributed by atoms with van der Waals surface area (Å²) in [5.41, 5.74) is 1.14. The molecule has 0 unspecified atom stereocenters. The number of ether oxygens (including phenoxy) is 1. The Kier molecular flexibility index (Phi) is 5.77. The van der Waals surface area contributed by atoms with Crippen molar-refractivity contribution in [1.29, 1.82) is 0 Å². The van der Waals surface area contributed by atoms with Gasteiger partial charge in [0.05, 0.1) is 22.2 Å². The van der Waals surface area contributed by atoms with Gasteiger partial charge in [-0.15, -0.1) is 0 Å². The van der Waals surface area contributed by atoms with E-state index in [4.69, 9.17) is 4.74 Å². The Morgan fingerprint density at radius 1 is 1.23 bits per heavy atom. The second-order valence-corrected chi connectivity index (χ2v) is 10.4. The Hall–Kier alpha value is -2.49. The number of sulfonamides is 1. The minimum atomic E-state index is -3.54. The number of hydrogen-bond acceptors (Lipinski definition) is 6. The van der Waals surface area contributed by atoms with Crippen LogP contribution >= 0.6 is 11.3 Å². The van der Waals surface area contributed by atoms with Crippen LogP contribution in [-0.4, -0.2) is 43.8 Å². The van der Waals surface area contributed by atoms with Crippen molar-refractivity contribution in [2.24, 2.45) is 5.92 Å². The number of carbonyl (C=O) groups excluding carboxylic acids is 1. The summed E-state index contributed by atoms with van der Waals surface area (Å²) >= 11 is 1.35. The van der Waals surface area contributed by atoms with E-state index in [0.717, 1.165) is 28.8 Å². The van der Waals surface area contributed by atoms with Crippen LogP contribution in [0.4, 0.5) is 5.13 Å². The van der Waals surface area contributed by atoms with Crippen molar-refractivity contribution in [3.8, 4) is 5.75 Å². The number of amides is 1. The predicted molar refractivity (Wildman–Crippen MR) is 118 cm³/mol. The molecule has 30 heavy (non-hydrogen) atoms. The van der Waals surface area contributed by atoms with Gasteiger partial charge in [-0.05, 0) is 61.2 Å². The monoisotopic (exact) mass is 445 g/mol. The van der Waals surface area contributed by atoms with Crippen molar-refractivity contribution in [3.63, 3.8) is 0 Å². The molecule has 1 amide bonds. The first-order valence-corrected chi connectivity index (χ1v) is 12.0. The lowest BCUT2D eigenvalue weighted by Crippen LogP contribution is -2.39. The van der Waals surface area contributed by atoms with Crippen LogP contribution in [0.2, 0.25) is 0 Å². The summed E-state index contributed by atoms with van der Waals surface area (Å²) in [6, 6.07) is 11.6. The molecule has 3 aromatic rings. The van der Waals surface area contributed by atoms with E-state index < -0.39 is 10.0 Å². The number of rotatable bonds is 5. The van der Waals surface area contributed by atoms with E-state index in [-0.39, 0.29) is 10.8 Å². The van der Waals surface area contributed by atoms with Crippen LogP contribution in [0.3, 0.4) is 0 Å². The third kappa shape index (κ3) is 4.19. The minimum Gasteiger partial charge on any atom is -0.497 e. The summed E-state index contributed by atoms with van der Waals surface area (Å²) in [6.45, 7) is 3.14. The lowest BCUT2D eigenvalue weighted by atomic mass is 10.0. The number of anilines is 1. The van der Waals surface area contributed by atoms with Crippen LogP contribution in [0.15, 0.2) is 47.4 Å². The van der Waals surface area contributed by atoms with Gasteiger partial charge in [0.1, 0.15) is 5.75 Å². The number of nitrogens with zero attached hydrogens (tertiary/aromatic N) is 2. The molecular formula is C21H23N3O4S2. The maximum atomic E-state index is 12.9. The number of methoxy groups -OCH3 is 1. The van der Waals surface area contributed by atoms with Crippen LogP contribution in [0.5, 0.6) is 5.75 Å². The van der Waals surface area contributed by atoms with Gasteiger partial charge in [0.15, 0.2) is 5.13 Å². The number of aromatic nitrogens is 1. The highest BCUT2D eigenvalue weighted by Gasteiger charge is 2.28. The molecule has 9 heteroatoms. The molecule has 0 spiro atoms. The van der Waals surface area contributed by atoms with Gasteiger partial charge >= 0.3 is 0 Å². The van der Waals surface area contributed by atoms with Gasteiger partial charge in [-0.2, -0.15) is 4.31 Å². The van der Waals surface area contributed by atoms with Gasteiger partial charge in [-0.1, -0.05) is 18.3 Å². The molecule has 1 fully saturated rings. The van der Waals surface area contributed by atoms with E-state index in [1.165, 1.54) is 39.9 Å². The summed E-state index contributed by atoms with van der Waals surface area (Å²) in [5.74, 6) is 0.743. The van der Waals surface area contributed by atoms with Gasteiger partial charge in [-0.3, -0.25) is 10.1 Å². The lowest BCUT2D eigenvalue weighted by molar-refractivity contribution is 0.102. The fourth-order valence-corrected chi connectivity index (χ4v) is 6.03. The average Bonchev–Trinajstić information content (AvgIpc) is 3.15. The van der Waals surface area contributed by atoms with E-state index in [1.807, 2.05) is 18.2 Å². The van der Waals surface area contributed by atoms with Crippen molar-refractivity contribution in [3.05, 3.63) is 48.0 Å². The summed E-state index contributed by atoms with van der Waals surface area (Å²) in [5, 5.41) is 3.25. The number of nitrogens with one attached hydrogen (secondary N) is 1. The predicted octanol–water partition coefficient (Wildman–Crippen LogP) is 3.98. The van der Waals surface area contributed by atoms with Crippen molar-refractivity contribution in [1.82, 2.24) is 9.29 Å². The standard InChI is InChI=1S/C21H23N3O4S2/c1-14-4-3-11-24(13-14)30(26,27)17-8-5-15(6-9-17)20(25)23-21-22-18-10-7-16(28-2)12-19(18)29-21/h5-10,12,14H,3-4,11,13H2,1-2H3,(H,22,23,25)/t14-/m1/s1. The molecule has 0 saturated carbocycles. The molecule has 0 radical (unpaired) electrons. The quantitative estimate of drug-likeness (QED) is 0.642. The van der Waals surface area contributed by atoms with E-state index in [9.17, 15) is 13.2 Å². The fraction of sp³-hybridized carbons (Fsp3) is 0.333. The number of benzene rings is 2. The van der Waals surface area contributed by atoms with Gasteiger partial charge in [0, 0.05) is 18.7 Å². The Morgan fingerprint density at radius 3 is 2.70 bits per heavy atom. The maximum Gasteiger partial charge on any atom is 0.257 e. The van der Waals surface area contributed by atoms with E-state index in [2.05, 4.69) is 17.2 Å². The van der Waals surface area contributed by atoms with Gasteiger partial charge in [-0.25, -0.2) is 13.4 Å². The Labute approximate surface area is 179 Å². The topological polar surface area (TPSA) is 88.6 Å². The molecule has 2 aromatic carbocycles. The van der Waals surface area contributed by atoms with E-state index in [0.29, 0.717) is 29.7 Å². The first-order chi connectivity index (χ1) is 14.4.